The first-order valence-electron chi connectivity index (χ1n) is 7.39. The molecule has 23 heavy (non-hydrogen) atoms. The molecule has 0 aliphatic rings. The van der Waals surface area contributed by atoms with Crippen LogP contribution in [0.1, 0.15) is 23.6 Å². The Morgan fingerprint density at radius 2 is 1.96 bits per heavy atom. The molecule has 122 valence electrons. The molecule has 0 aliphatic carbocycles. The standard InChI is InChI=1S/C18H20FNO2S/c1-4-13-10-15(19)17(9-12(13)2)22-11-14-7-5-6-8-16(14)20-18(23)21-3/h5-10H,4,11H2,1-3H3,(H,20,23). The van der Waals surface area contributed by atoms with Crippen LogP contribution in [0.3, 0.4) is 0 Å². The fourth-order valence-electron chi connectivity index (χ4n) is 2.27. The first-order valence-corrected chi connectivity index (χ1v) is 7.80. The van der Waals surface area contributed by atoms with Gasteiger partial charge in [0.15, 0.2) is 11.6 Å². The Morgan fingerprint density at radius 1 is 1.22 bits per heavy atom. The Balaban J connectivity index is 2.15. The summed E-state index contributed by atoms with van der Waals surface area (Å²) in [5.74, 6) is -0.0888. The molecule has 2 rings (SSSR count). The van der Waals surface area contributed by atoms with Gasteiger partial charge in [-0.05, 0) is 54.9 Å². The molecule has 5 heteroatoms. The van der Waals surface area contributed by atoms with Crippen molar-refractivity contribution >= 4 is 23.1 Å². The molecule has 2 aromatic carbocycles. The molecular weight excluding hydrogens is 313 g/mol. The van der Waals surface area contributed by atoms with Gasteiger partial charge in [0.2, 0.25) is 0 Å². The van der Waals surface area contributed by atoms with Crippen LogP contribution in [-0.2, 0) is 17.8 Å². The van der Waals surface area contributed by atoms with E-state index in [9.17, 15) is 4.39 Å². The van der Waals surface area contributed by atoms with E-state index >= 15 is 0 Å². The van der Waals surface area contributed by atoms with Gasteiger partial charge in [-0.1, -0.05) is 25.1 Å². The summed E-state index contributed by atoms with van der Waals surface area (Å²) in [5, 5.41) is 3.25. The van der Waals surface area contributed by atoms with Crippen molar-refractivity contribution in [1.82, 2.24) is 0 Å². The first kappa shape index (κ1) is 17.2. The maximum absolute atomic E-state index is 14.1. The van der Waals surface area contributed by atoms with Gasteiger partial charge in [-0.3, -0.25) is 0 Å². The molecule has 2 aromatic rings. The van der Waals surface area contributed by atoms with Crippen molar-refractivity contribution in [3.8, 4) is 5.75 Å². The molecule has 0 bridgehead atoms. The molecule has 3 nitrogen and oxygen atoms in total. The fraction of sp³-hybridized carbons (Fsp3) is 0.278. The molecule has 1 N–H and O–H groups in total. The van der Waals surface area contributed by atoms with Gasteiger partial charge < -0.3 is 14.8 Å². The Kier molecular flexibility index (Phi) is 5.93. The summed E-state index contributed by atoms with van der Waals surface area (Å²) in [6, 6.07) is 10.8. The van der Waals surface area contributed by atoms with E-state index in [-0.39, 0.29) is 23.3 Å². The van der Waals surface area contributed by atoms with E-state index in [0.29, 0.717) is 0 Å². The monoisotopic (exact) mass is 333 g/mol. The maximum atomic E-state index is 14.1. The van der Waals surface area contributed by atoms with Gasteiger partial charge in [0.1, 0.15) is 6.61 Å². The second-order valence-corrected chi connectivity index (χ2v) is 5.50. The third kappa shape index (κ3) is 4.42. The van der Waals surface area contributed by atoms with Gasteiger partial charge in [0.05, 0.1) is 7.11 Å². The number of para-hydroxylation sites is 1. The highest BCUT2D eigenvalue weighted by Gasteiger charge is 2.10. The summed E-state index contributed by atoms with van der Waals surface area (Å²) in [6.07, 6.45) is 0.796. The van der Waals surface area contributed by atoms with Crippen molar-refractivity contribution in [2.75, 3.05) is 12.4 Å². The summed E-state index contributed by atoms with van der Waals surface area (Å²) >= 11 is 5.01. The maximum Gasteiger partial charge on any atom is 0.260 e. The van der Waals surface area contributed by atoms with E-state index < -0.39 is 0 Å². The quantitative estimate of drug-likeness (QED) is 0.809. The van der Waals surface area contributed by atoms with Crippen molar-refractivity contribution in [3.05, 3.63) is 58.9 Å². The number of nitrogens with one attached hydrogen (secondary N) is 1. The molecule has 0 atom stereocenters. The van der Waals surface area contributed by atoms with E-state index in [1.165, 1.54) is 13.2 Å². The van der Waals surface area contributed by atoms with Crippen LogP contribution in [0.25, 0.3) is 0 Å². The zero-order chi connectivity index (χ0) is 16.8. The molecule has 0 saturated carbocycles. The molecule has 0 unspecified atom stereocenters. The van der Waals surface area contributed by atoms with Crippen LogP contribution in [0.4, 0.5) is 10.1 Å². The highest BCUT2D eigenvalue weighted by Crippen LogP contribution is 2.25. The van der Waals surface area contributed by atoms with Gasteiger partial charge >= 0.3 is 0 Å². The predicted octanol–water partition coefficient (Wildman–Crippen LogP) is 4.62. The number of aryl methyl sites for hydroxylation is 2. The van der Waals surface area contributed by atoms with E-state index in [1.807, 2.05) is 38.1 Å². The Hall–Kier alpha value is -2.14. The Labute approximate surface area is 141 Å². The molecule has 0 heterocycles. The lowest BCUT2D eigenvalue weighted by Crippen LogP contribution is -2.13. The van der Waals surface area contributed by atoms with Gasteiger partial charge in [-0.2, -0.15) is 0 Å². The smallest absolute Gasteiger partial charge is 0.260 e. The lowest BCUT2D eigenvalue weighted by Gasteiger charge is -2.14. The zero-order valence-corrected chi connectivity index (χ0v) is 14.3. The van der Waals surface area contributed by atoms with E-state index in [0.717, 1.165) is 28.8 Å². The predicted molar refractivity (Wildman–Crippen MR) is 94.5 cm³/mol. The van der Waals surface area contributed by atoms with Crippen LogP contribution >= 0.6 is 12.2 Å². The van der Waals surface area contributed by atoms with Crippen molar-refractivity contribution < 1.29 is 13.9 Å². The van der Waals surface area contributed by atoms with Crippen molar-refractivity contribution in [1.29, 1.82) is 0 Å². The zero-order valence-electron chi connectivity index (χ0n) is 13.5. The molecule has 0 aromatic heterocycles. The van der Waals surface area contributed by atoms with Gasteiger partial charge in [-0.15, -0.1) is 0 Å². The summed E-state index contributed by atoms with van der Waals surface area (Å²) in [7, 11) is 1.50. The molecule has 0 fully saturated rings. The summed E-state index contributed by atoms with van der Waals surface area (Å²) in [5.41, 5.74) is 3.66. The number of methoxy groups -OCH3 is 1. The number of anilines is 1. The lowest BCUT2D eigenvalue weighted by molar-refractivity contribution is 0.290. The minimum atomic E-state index is -0.342. The highest BCUT2D eigenvalue weighted by atomic mass is 32.1. The van der Waals surface area contributed by atoms with Crippen LogP contribution in [0.2, 0.25) is 0 Å². The molecular formula is C18H20FNO2S. The SMILES string of the molecule is CCc1cc(F)c(OCc2ccccc2NC(=S)OC)cc1C. The molecule has 0 amide bonds. The summed E-state index contributed by atoms with van der Waals surface area (Å²) in [4.78, 5) is 0. The third-order valence-electron chi connectivity index (χ3n) is 3.59. The second kappa shape index (κ2) is 7.92. The number of hydrogen-bond donors (Lipinski definition) is 1. The molecule has 0 radical (unpaired) electrons. The third-order valence-corrected chi connectivity index (χ3v) is 3.86. The molecule has 0 spiro atoms. The van der Waals surface area contributed by atoms with Crippen molar-refractivity contribution in [2.24, 2.45) is 0 Å². The summed E-state index contributed by atoms with van der Waals surface area (Å²) < 4.78 is 24.7. The summed E-state index contributed by atoms with van der Waals surface area (Å²) in [6.45, 7) is 4.19. The van der Waals surface area contributed by atoms with E-state index in [2.05, 4.69) is 5.32 Å². The van der Waals surface area contributed by atoms with E-state index in [4.69, 9.17) is 21.7 Å². The van der Waals surface area contributed by atoms with Crippen LogP contribution in [-0.4, -0.2) is 12.3 Å². The Morgan fingerprint density at radius 3 is 2.65 bits per heavy atom. The topological polar surface area (TPSA) is 30.5 Å². The van der Waals surface area contributed by atoms with Crippen molar-refractivity contribution in [3.63, 3.8) is 0 Å². The van der Waals surface area contributed by atoms with Gasteiger partial charge in [0, 0.05) is 11.3 Å². The van der Waals surface area contributed by atoms with Crippen LogP contribution in [0, 0.1) is 12.7 Å². The number of hydrogen-bond acceptors (Lipinski definition) is 3. The van der Waals surface area contributed by atoms with Gasteiger partial charge in [0.25, 0.3) is 5.17 Å². The number of rotatable bonds is 5. The fourth-order valence-corrected chi connectivity index (χ4v) is 2.38. The average molecular weight is 333 g/mol. The first-order chi connectivity index (χ1) is 11.0. The number of thiocarbonyl (C=S) groups is 1. The highest BCUT2D eigenvalue weighted by molar-refractivity contribution is 7.80. The van der Waals surface area contributed by atoms with E-state index in [1.54, 1.807) is 6.07 Å². The normalized spacial score (nSPS) is 10.3. The van der Waals surface area contributed by atoms with Crippen molar-refractivity contribution in [2.45, 2.75) is 26.9 Å². The van der Waals surface area contributed by atoms with Crippen LogP contribution < -0.4 is 10.1 Å². The minimum Gasteiger partial charge on any atom is -0.486 e. The van der Waals surface area contributed by atoms with Crippen LogP contribution in [0.5, 0.6) is 5.75 Å². The number of benzene rings is 2. The van der Waals surface area contributed by atoms with Crippen LogP contribution in [0.15, 0.2) is 36.4 Å². The van der Waals surface area contributed by atoms with Gasteiger partial charge in [-0.25, -0.2) is 4.39 Å². The average Bonchev–Trinajstić information content (AvgIpc) is 2.56. The lowest BCUT2D eigenvalue weighted by atomic mass is 10.1. The molecule has 0 saturated heterocycles. The largest absolute Gasteiger partial charge is 0.486 e. The Bertz CT molecular complexity index is 703. The molecule has 0 aliphatic heterocycles. The number of halogens is 1. The number of ether oxygens (including phenoxy) is 2. The second-order valence-electron chi connectivity index (χ2n) is 5.13. The minimum absolute atomic E-state index is 0.233.